The third kappa shape index (κ3) is 3.54. The van der Waals surface area contributed by atoms with Crippen molar-refractivity contribution >= 4 is 23.3 Å². The Labute approximate surface area is 123 Å². The second-order valence-corrected chi connectivity index (χ2v) is 4.18. The average molecular weight is 302 g/mol. The van der Waals surface area contributed by atoms with Crippen LogP contribution < -0.4 is 5.43 Å². The van der Waals surface area contributed by atoms with Crippen molar-refractivity contribution in [2.45, 2.75) is 0 Å². The largest absolute Gasteiger partial charge is 0.502 e. The second-order valence-electron chi connectivity index (χ2n) is 4.18. The van der Waals surface area contributed by atoms with E-state index in [2.05, 4.69) is 10.5 Å². The van der Waals surface area contributed by atoms with Crippen molar-refractivity contribution in [3.63, 3.8) is 0 Å². The van der Waals surface area contributed by atoms with Crippen LogP contribution in [0.2, 0.25) is 0 Å². The van der Waals surface area contributed by atoms with E-state index in [4.69, 9.17) is 0 Å². The first-order valence-corrected chi connectivity index (χ1v) is 5.98. The van der Waals surface area contributed by atoms with Crippen LogP contribution in [0.15, 0.2) is 47.6 Å². The highest BCUT2D eigenvalue weighted by Crippen LogP contribution is 2.25. The number of aromatic hydroxyl groups is 1. The molecule has 0 amide bonds. The monoisotopic (exact) mass is 302 g/mol. The lowest BCUT2D eigenvalue weighted by Crippen LogP contribution is -1.94. The highest BCUT2D eigenvalue weighted by molar-refractivity contribution is 5.82. The number of phenols is 1. The Kier molecular flexibility index (Phi) is 4.27. The predicted molar refractivity (Wildman–Crippen MR) is 79.1 cm³/mol. The van der Waals surface area contributed by atoms with E-state index in [-0.39, 0.29) is 5.69 Å². The number of nitrogens with one attached hydrogen (secondary N) is 1. The lowest BCUT2D eigenvalue weighted by atomic mass is 10.2. The first-order valence-electron chi connectivity index (χ1n) is 5.98. The predicted octanol–water partition coefficient (Wildman–Crippen LogP) is 2.65. The Balaban J connectivity index is 2.13. The Morgan fingerprint density at radius 1 is 1.09 bits per heavy atom. The van der Waals surface area contributed by atoms with Crippen LogP contribution in [-0.4, -0.2) is 21.2 Å². The molecule has 2 N–H and O–H groups in total. The molecule has 0 aliphatic heterocycles. The number of nitro groups is 2. The van der Waals surface area contributed by atoms with Gasteiger partial charge in [-0.15, -0.1) is 0 Å². The van der Waals surface area contributed by atoms with Gasteiger partial charge in [0.05, 0.1) is 21.7 Å². The molecule has 0 aliphatic rings. The molecule has 0 radical (unpaired) electrons. The molecule has 0 bridgehead atoms. The zero-order chi connectivity index (χ0) is 16.1. The standard InChI is InChI=1S/C13H10N4O5/c18-13-5-4-9(6-12(13)17(21)22)8-14-15-10-2-1-3-11(7-10)16(19)20/h1-8,15,18H. The van der Waals surface area contributed by atoms with Gasteiger partial charge in [-0.05, 0) is 18.2 Å². The molecular weight excluding hydrogens is 292 g/mol. The number of phenolic OH excluding ortho intramolecular Hbond substituents is 1. The van der Waals surface area contributed by atoms with Crippen molar-refractivity contribution in [1.82, 2.24) is 0 Å². The van der Waals surface area contributed by atoms with Crippen LogP contribution in [0.1, 0.15) is 5.56 Å². The molecule has 0 aromatic heterocycles. The fraction of sp³-hybridized carbons (Fsp3) is 0. The summed E-state index contributed by atoms with van der Waals surface area (Å²) >= 11 is 0. The summed E-state index contributed by atoms with van der Waals surface area (Å²) in [6.45, 7) is 0. The number of non-ortho nitro benzene ring substituents is 1. The summed E-state index contributed by atoms with van der Waals surface area (Å²) in [4.78, 5) is 20.1. The first kappa shape index (κ1) is 14.9. The summed E-state index contributed by atoms with van der Waals surface area (Å²) in [5.74, 6) is -0.436. The van der Waals surface area contributed by atoms with Crippen LogP contribution in [0.5, 0.6) is 5.75 Å². The molecule has 2 aromatic rings. The van der Waals surface area contributed by atoms with Crippen molar-refractivity contribution in [1.29, 1.82) is 0 Å². The molecule has 9 heteroatoms. The summed E-state index contributed by atoms with van der Waals surface area (Å²) in [5.41, 5.74) is 2.86. The maximum atomic E-state index is 10.7. The van der Waals surface area contributed by atoms with Gasteiger partial charge in [0, 0.05) is 23.8 Å². The fourth-order valence-corrected chi connectivity index (χ4v) is 1.64. The first-order chi connectivity index (χ1) is 10.5. The van der Waals surface area contributed by atoms with Crippen LogP contribution >= 0.6 is 0 Å². The molecule has 0 heterocycles. The van der Waals surface area contributed by atoms with E-state index < -0.39 is 21.3 Å². The number of hydrogen-bond donors (Lipinski definition) is 2. The van der Waals surface area contributed by atoms with Crippen LogP contribution in [0, 0.1) is 20.2 Å². The van der Waals surface area contributed by atoms with E-state index in [9.17, 15) is 25.3 Å². The Hall–Kier alpha value is -3.49. The van der Waals surface area contributed by atoms with E-state index >= 15 is 0 Å². The molecule has 2 aromatic carbocycles. The van der Waals surface area contributed by atoms with Crippen molar-refractivity contribution in [2.75, 3.05) is 5.43 Å². The van der Waals surface area contributed by atoms with E-state index in [1.54, 1.807) is 6.07 Å². The SMILES string of the molecule is O=[N+]([O-])c1cccc(NN=Cc2ccc(O)c([N+](=O)[O-])c2)c1. The highest BCUT2D eigenvalue weighted by Gasteiger charge is 2.12. The number of anilines is 1. The van der Waals surface area contributed by atoms with E-state index in [1.165, 1.54) is 36.5 Å². The average Bonchev–Trinajstić information content (AvgIpc) is 2.49. The summed E-state index contributed by atoms with van der Waals surface area (Å²) in [5, 5.41) is 34.5. The van der Waals surface area contributed by atoms with Gasteiger partial charge in [0.1, 0.15) is 0 Å². The van der Waals surface area contributed by atoms with Crippen molar-refractivity contribution in [3.05, 3.63) is 68.3 Å². The van der Waals surface area contributed by atoms with Gasteiger partial charge in [-0.25, -0.2) is 0 Å². The molecule has 0 fully saturated rings. The number of hydrazone groups is 1. The molecule has 0 unspecified atom stereocenters. The smallest absolute Gasteiger partial charge is 0.311 e. The highest BCUT2D eigenvalue weighted by atomic mass is 16.6. The summed E-state index contributed by atoms with van der Waals surface area (Å²) in [7, 11) is 0. The van der Waals surface area contributed by atoms with Crippen molar-refractivity contribution < 1.29 is 15.0 Å². The molecule has 0 atom stereocenters. The Morgan fingerprint density at radius 3 is 2.55 bits per heavy atom. The molecule has 9 nitrogen and oxygen atoms in total. The topological polar surface area (TPSA) is 131 Å². The lowest BCUT2D eigenvalue weighted by Gasteiger charge is -2.00. The molecule has 0 aliphatic carbocycles. The zero-order valence-corrected chi connectivity index (χ0v) is 11.0. The Bertz CT molecular complexity index is 760. The number of nitro benzene ring substituents is 2. The van der Waals surface area contributed by atoms with Gasteiger partial charge in [0.15, 0.2) is 5.75 Å². The fourth-order valence-electron chi connectivity index (χ4n) is 1.64. The van der Waals surface area contributed by atoms with Gasteiger partial charge >= 0.3 is 5.69 Å². The molecule has 22 heavy (non-hydrogen) atoms. The van der Waals surface area contributed by atoms with Crippen LogP contribution in [-0.2, 0) is 0 Å². The maximum absolute atomic E-state index is 10.7. The van der Waals surface area contributed by atoms with Gasteiger partial charge in [-0.3, -0.25) is 25.7 Å². The third-order valence-corrected chi connectivity index (χ3v) is 2.66. The normalized spacial score (nSPS) is 10.5. The zero-order valence-electron chi connectivity index (χ0n) is 11.0. The van der Waals surface area contributed by atoms with Crippen LogP contribution in [0.4, 0.5) is 17.1 Å². The van der Waals surface area contributed by atoms with Crippen molar-refractivity contribution in [2.24, 2.45) is 5.10 Å². The molecule has 0 saturated heterocycles. The van der Waals surface area contributed by atoms with E-state index in [0.717, 1.165) is 6.07 Å². The minimum atomic E-state index is -0.708. The summed E-state index contributed by atoms with van der Waals surface area (Å²) in [6, 6.07) is 9.53. The van der Waals surface area contributed by atoms with Crippen LogP contribution in [0.3, 0.4) is 0 Å². The molecule has 2 rings (SSSR count). The third-order valence-electron chi connectivity index (χ3n) is 2.66. The van der Waals surface area contributed by atoms with E-state index in [0.29, 0.717) is 11.3 Å². The van der Waals surface area contributed by atoms with E-state index in [1.807, 2.05) is 0 Å². The minimum absolute atomic E-state index is 0.0829. The number of rotatable bonds is 5. The summed E-state index contributed by atoms with van der Waals surface area (Å²) in [6.07, 6.45) is 1.30. The molecule has 0 spiro atoms. The van der Waals surface area contributed by atoms with Gasteiger partial charge in [0.25, 0.3) is 5.69 Å². The van der Waals surface area contributed by atoms with Gasteiger partial charge in [-0.1, -0.05) is 6.07 Å². The minimum Gasteiger partial charge on any atom is -0.502 e. The van der Waals surface area contributed by atoms with Gasteiger partial charge in [0.2, 0.25) is 0 Å². The summed E-state index contributed by atoms with van der Waals surface area (Å²) < 4.78 is 0. The number of benzene rings is 2. The number of hydrogen-bond acceptors (Lipinski definition) is 7. The second kappa shape index (κ2) is 6.31. The van der Waals surface area contributed by atoms with Gasteiger partial charge in [-0.2, -0.15) is 5.10 Å². The van der Waals surface area contributed by atoms with Gasteiger partial charge < -0.3 is 5.11 Å². The quantitative estimate of drug-likeness (QED) is 0.496. The number of nitrogens with zero attached hydrogens (tertiary/aromatic N) is 3. The molecule has 112 valence electrons. The Morgan fingerprint density at radius 2 is 1.86 bits per heavy atom. The van der Waals surface area contributed by atoms with Crippen LogP contribution in [0.25, 0.3) is 0 Å². The molecular formula is C13H10N4O5. The van der Waals surface area contributed by atoms with Crippen molar-refractivity contribution in [3.8, 4) is 5.75 Å². The lowest BCUT2D eigenvalue weighted by molar-refractivity contribution is -0.385. The maximum Gasteiger partial charge on any atom is 0.311 e. The molecule has 0 saturated carbocycles.